The van der Waals surface area contributed by atoms with Gasteiger partial charge in [-0.05, 0) is 57.2 Å². The molecule has 156 valence electrons. The summed E-state index contributed by atoms with van der Waals surface area (Å²) in [7, 11) is 1.28. The average molecular weight is 412 g/mol. The third-order valence-electron chi connectivity index (χ3n) is 3.91. The van der Waals surface area contributed by atoms with Crippen molar-refractivity contribution in [2.24, 2.45) is 5.92 Å². The van der Waals surface area contributed by atoms with Crippen LogP contribution in [0.25, 0.3) is 0 Å². The Morgan fingerprint density at radius 2 is 1.93 bits per heavy atom. The summed E-state index contributed by atoms with van der Waals surface area (Å²) >= 11 is -2.75. The van der Waals surface area contributed by atoms with E-state index in [0.29, 0.717) is 23.8 Å². The van der Waals surface area contributed by atoms with Crippen molar-refractivity contribution < 1.29 is 32.6 Å². The number of hydrogen-bond donors (Lipinski definition) is 0. The van der Waals surface area contributed by atoms with Crippen LogP contribution in [0.15, 0.2) is 18.2 Å². The van der Waals surface area contributed by atoms with Crippen LogP contribution >= 0.6 is 0 Å². The van der Waals surface area contributed by atoms with Gasteiger partial charge in [-0.25, -0.2) is 0 Å². The number of ether oxygens (including phenoxy) is 3. The van der Waals surface area contributed by atoms with Gasteiger partial charge in [0.25, 0.3) is 0 Å². The predicted molar refractivity (Wildman–Crippen MR) is 102 cm³/mol. The number of carbonyl (C=O) groups excluding carboxylic acids is 2. The maximum Gasteiger partial charge on any atom is 0.327 e. The minimum atomic E-state index is -2.75. The molecule has 0 N–H and O–H groups in total. The van der Waals surface area contributed by atoms with Crippen LogP contribution in [0.2, 0.25) is 0 Å². The number of esters is 2. The Balaban J connectivity index is 2.30. The highest BCUT2D eigenvalue weighted by Crippen LogP contribution is 2.34. The average Bonchev–Trinajstić information content (AvgIpc) is 3.41. The monoisotopic (exact) mass is 412 g/mol. The highest BCUT2D eigenvalue weighted by atomic mass is 32.2. The quantitative estimate of drug-likeness (QED) is 0.452. The summed E-state index contributed by atoms with van der Waals surface area (Å²) in [5, 5.41) is 0. The zero-order chi connectivity index (χ0) is 20.9. The maximum atomic E-state index is 12.2. The van der Waals surface area contributed by atoms with Gasteiger partial charge in [0.1, 0.15) is 17.9 Å². The van der Waals surface area contributed by atoms with E-state index in [0.717, 1.165) is 17.1 Å². The lowest BCUT2D eigenvalue weighted by molar-refractivity contribution is -0.152. The Labute approximate surface area is 167 Å². The van der Waals surface area contributed by atoms with Crippen molar-refractivity contribution in [2.45, 2.75) is 45.6 Å². The van der Waals surface area contributed by atoms with Gasteiger partial charge in [0.15, 0.2) is 0 Å². The Morgan fingerprint density at radius 1 is 1.25 bits per heavy atom. The van der Waals surface area contributed by atoms with Gasteiger partial charge in [0.2, 0.25) is 0 Å². The third kappa shape index (κ3) is 7.12. The lowest BCUT2D eigenvalue weighted by atomic mass is 10.1. The molecule has 0 heterocycles. The van der Waals surface area contributed by atoms with Crippen LogP contribution in [-0.4, -0.2) is 46.6 Å². The van der Waals surface area contributed by atoms with Gasteiger partial charge >= 0.3 is 11.9 Å². The summed E-state index contributed by atoms with van der Waals surface area (Å²) < 4.78 is 40.3. The van der Waals surface area contributed by atoms with Crippen LogP contribution in [0, 0.1) is 5.92 Å². The Hall–Kier alpha value is -2.13. The Bertz CT molecular complexity index is 740. The van der Waals surface area contributed by atoms with Crippen molar-refractivity contribution in [3.63, 3.8) is 0 Å². The van der Waals surface area contributed by atoms with E-state index in [1.54, 1.807) is 32.9 Å². The molecule has 1 unspecified atom stereocenters. The van der Waals surface area contributed by atoms with Gasteiger partial charge in [0.05, 0.1) is 25.8 Å². The molecule has 28 heavy (non-hydrogen) atoms. The van der Waals surface area contributed by atoms with E-state index in [1.165, 1.54) is 13.2 Å². The lowest BCUT2D eigenvalue weighted by Crippen LogP contribution is -2.36. The smallest absolute Gasteiger partial charge is 0.327 e. The summed E-state index contributed by atoms with van der Waals surface area (Å²) in [4.78, 5) is 23.8. The van der Waals surface area contributed by atoms with Crippen LogP contribution in [0.4, 0.5) is 5.69 Å². The molecule has 1 atom stereocenters. The van der Waals surface area contributed by atoms with E-state index in [4.69, 9.17) is 9.47 Å². The van der Waals surface area contributed by atoms with Gasteiger partial charge in [-0.2, -0.15) is 0 Å². The molecule has 8 nitrogen and oxygen atoms in total. The molecular weight excluding hydrogens is 386 g/mol. The topological polar surface area (TPSA) is 105 Å². The van der Waals surface area contributed by atoms with Gasteiger partial charge in [0, 0.05) is 11.3 Å². The fourth-order valence-corrected chi connectivity index (χ4v) is 2.94. The number of rotatable bonds is 9. The van der Waals surface area contributed by atoms with Crippen LogP contribution in [0.3, 0.4) is 0 Å². The zero-order valence-electron chi connectivity index (χ0n) is 16.6. The number of benzene rings is 1. The van der Waals surface area contributed by atoms with E-state index < -0.39 is 35.4 Å². The molecule has 1 aliphatic carbocycles. The van der Waals surface area contributed by atoms with Gasteiger partial charge in [-0.1, -0.05) is 6.07 Å². The van der Waals surface area contributed by atoms with Crippen LogP contribution < -0.4 is 9.04 Å². The summed E-state index contributed by atoms with van der Waals surface area (Å²) in [6, 6.07) is 4.78. The van der Waals surface area contributed by atoms with E-state index >= 15 is 0 Å². The minimum absolute atomic E-state index is 0.0296. The van der Waals surface area contributed by atoms with Crippen LogP contribution in [-0.2, 0) is 36.8 Å². The number of methoxy groups -OCH3 is 1. The minimum Gasteiger partial charge on any atom is -0.755 e. The molecule has 0 radical (unpaired) electrons. The maximum absolute atomic E-state index is 12.2. The van der Waals surface area contributed by atoms with Gasteiger partial charge in [-0.3, -0.25) is 18.1 Å². The van der Waals surface area contributed by atoms with E-state index in [1.807, 2.05) is 0 Å². The standard InChI is InChI=1S/C19H27NO7S/c1-19(2,3)27-18(22)11-20(28(23)24)15-9-14(10-17(21)25-4)7-8-16(15)26-12-13-5-6-13/h7-9,13H,5-6,10-12H2,1-4H3,(H,23,24)/p-1. The number of anilines is 1. The van der Waals surface area contributed by atoms with Crippen molar-refractivity contribution >= 4 is 28.9 Å². The van der Waals surface area contributed by atoms with Gasteiger partial charge < -0.3 is 18.8 Å². The number of hydrogen-bond acceptors (Lipinski definition) is 7. The molecule has 0 saturated heterocycles. The first-order valence-corrected chi connectivity index (χ1v) is 10.0. The summed E-state index contributed by atoms with van der Waals surface area (Å²) in [5.74, 6) is -0.365. The number of nitrogens with zero attached hydrogens (tertiary/aromatic N) is 1. The summed E-state index contributed by atoms with van der Waals surface area (Å²) in [6.07, 6.45) is 2.12. The first-order chi connectivity index (χ1) is 13.1. The van der Waals surface area contributed by atoms with Crippen LogP contribution in [0.1, 0.15) is 39.2 Å². The second kappa shape index (κ2) is 9.38. The molecular formula is C19H26NO7S-. The molecule has 1 aromatic rings. The highest BCUT2D eigenvalue weighted by molar-refractivity contribution is 7.80. The number of carbonyl (C=O) groups is 2. The first kappa shape index (κ1) is 22.2. The van der Waals surface area contributed by atoms with E-state index in [9.17, 15) is 18.4 Å². The largest absolute Gasteiger partial charge is 0.755 e. The van der Waals surface area contributed by atoms with Crippen molar-refractivity contribution in [3.8, 4) is 5.75 Å². The van der Waals surface area contributed by atoms with Crippen molar-refractivity contribution in [2.75, 3.05) is 24.6 Å². The van der Waals surface area contributed by atoms with Gasteiger partial charge in [-0.15, -0.1) is 0 Å². The van der Waals surface area contributed by atoms with Crippen molar-refractivity contribution in [3.05, 3.63) is 23.8 Å². The zero-order valence-corrected chi connectivity index (χ0v) is 17.4. The molecule has 0 aliphatic heterocycles. The Morgan fingerprint density at radius 3 is 2.46 bits per heavy atom. The molecule has 1 fully saturated rings. The molecule has 0 amide bonds. The summed E-state index contributed by atoms with van der Waals surface area (Å²) in [6.45, 7) is 5.06. The SMILES string of the molecule is COC(=O)Cc1ccc(OCC2CC2)c(N(CC(=O)OC(C)(C)C)S(=O)[O-])c1. The fraction of sp³-hybridized carbons (Fsp3) is 0.579. The third-order valence-corrected chi connectivity index (χ3v) is 4.60. The molecule has 0 spiro atoms. The Kier molecular flexibility index (Phi) is 7.42. The molecule has 0 aromatic heterocycles. The molecule has 1 saturated carbocycles. The molecule has 0 bridgehead atoms. The second-order valence-corrected chi connectivity index (χ2v) is 8.52. The normalized spacial score (nSPS) is 14.9. The van der Waals surface area contributed by atoms with E-state index in [2.05, 4.69) is 4.74 Å². The highest BCUT2D eigenvalue weighted by Gasteiger charge is 2.25. The predicted octanol–water partition coefficient (Wildman–Crippen LogP) is 2.13. The van der Waals surface area contributed by atoms with Crippen molar-refractivity contribution in [1.82, 2.24) is 0 Å². The first-order valence-electron chi connectivity index (χ1n) is 9.00. The second-order valence-electron chi connectivity index (χ2n) is 7.65. The lowest BCUT2D eigenvalue weighted by Gasteiger charge is -2.29. The van der Waals surface area contributed by atoms with E-state index in [-0.39, 0.29) is 12.1 Å². The molecule has 1 aliphatic rings. The summed E-state index contributed by atoms with van der Waals surface area (Å²) in [5.41, 5.74) is -0.0213. The molecule has 9 heteroatoms. The fourth-order valence-electron chi connectivity index (χ4n) is 2.43. The van der Waals surface area contributed by atoms with Crippen molar-refractivity contribution in [1.29, 1.82) is 0 Å². The van der Waals surface area contributed by atoms with Crippen LogP contribution in [0.5, 0.6) is 5.75 Å². The molecule has 1 aromatic carbocycles. The molecule has 2 rings (SSSR count).